The van der Waals surface area contributed by atoms with Gasteiger partial charge in [-0.25, -0.2) is 0 Å². The molecule has 1 aromatic rings. The Morgan fingerprint density at radius 1 is 1.11 bits per heavy atom. The Bertz CT molecular complexity index is 693. The molecule has 28 heavy (non-hydrogen) atoms. The first kappa shape index (κ1) is 23.1. The lowest BCUT2D eigenvalue weighted by atomic mass is 9.93. The minimum atomic E-state index is -0.0215. The predicted molar refractivity (Wildman–Crippen MR) is 117 cm³/mol. The molecule has 0 saturated carbocycles. The van der Waals surface area contributed by atoms with Crippen molar-refractivity contribution in [1.29, 1.82) is 5.26 Å². The third-order valence-corrected chi connectivity index (χ3v) is 6.50. The monoisotopic (exact) mass is 444 g/mol. The number of hydrogen-bond donors (Lipinski definition) is 0. The van der Waals surface area contributed by atoms with E-state index in [4.69, 9.17) is 28.5 Å². The van der Waals surface area contributed by atoms with Crippen LogP contribution in [0.3, 0.4) is 0 Å². The van der Waals surface area contributed by atoms with Gasteiger partial charge in [-0.2, -0.15) is 5.26 Å². The predicted octanol–water partition coefficient (Wildman–Crippen LogP) is 4.08. The Morgan fingerprint density at radius 2 is 1.79 bits per heavy atom. The lowest BCUT2D eigenvalue weighted by molar-refractivity contribution is -0.131. The molecule has 2 heterocycles. The number of hydrogen-bond acceptors (Lipinski definition) is 4. The first-order valence-corrected chi connectivity index (χ1v) is 10.4. The van der Waals surface area contributed by atoms with E-state index in [1.54, 1.807) is 0 Å². The fraction of sp³-hybridized carbons (Fsp3) is 0.600. The van der Waals surface area contributed by atoms with Gasteiger partial charge in [0.05, 0.1) is 21.8 Å². The Labute approximate surface area is 183 Å². The summed E-state index contributed by atoms with van der Waals surface area (Å²) >= 11 is 12.5. The summed E-state index contributed by atoms with van der Waals surface area (Å²) in [5.74, 6) is 0.656. The van der Waals surface area contributed by atoms with E-state index in [2.05, 4.69) is 9.80 Å². The van der Waals surface area contributed by atoms with Gasteiger partial charge in [0.2, 0.25) is 5.91 Å². The normalized spacial score (nSPS) is 18.5. The van der Waals surface area contributed by atoms with Crippen molar-refractivity contribution >= 4 is 47.2 Å². The number of halogens is 3. The van der Waals surface area contributed by atoms with Crippen LogP contribution in [0.4, 0.5) is 5.69 Å². The van der Waals surface area contributed by atoms with Crippen molar-refractivity contribution in [3.8, 4) is 6.07 Å². The maximum absolute atomic E-state index is 11.8. The summed E-state index contributed by atoms with van der Waals surface area (Å²) in [6.07, 6.45) is 3.29. The molecule has 2 fully saturated rings. The molecule has 3 rings (SSSR count). The van der Waals surface area contributed by atoms with Gasteiger partial charge in [0.15, 0.2) is 0 Å². The molecule has 154 valence electrons. The van der Waals surface area contributed by atoms with E-state index in [-0.39, 0.29) is 24.7 Å². The molecule has 2 aliphatic heterocycles. The topological polar surface area (TPSA) is 50.6 Å². The number of likely N-dealkylation sites (tertiary alicyclic amines) is 1. The lowest BCUT2D eigenvalue weighted by Gasteiger charge is -2.38. The van der Waals surface area contributed by atoms with E-state index in [9.17, 15) is 4.79 Å². The maximum Gasteiger partial charge on any atom is 0.236 e. The molecule has 2 aliphatic rings. The minimum absolute atomic E-state index is 0. The molecule has 2 saturated heterocycles. The molecule has 0 atom stereocenters. The molecule has 1 aromatic carbocycles. The highest BCUT2D eigenvalue weighted by atomic mass is 35.5. The molecule has 0 N–H and O–H groups in total. The Hall–Kier alpha value is -1.19. The van der Waals surface area contributed by atoms with Gasteiger partial charge in [-0.3, -0.25) is 9.69 Å². The molecule has 0 bridgehead atoms. The van der Waals surface area contributed by atoms with Crippen molar-refractivity contribution in [2.45, 2.75) is 25.7 Å². The number of rotatable bonds is 5. The zero-order chi connectivity index (χ0) is 19.2. The van der Waals surface area contributed by atoms with Crippen LogP contribution >= 0.6 is 35.6 Å². The summed E-state index contributed by atoms with van der Waals surface area (Å²) in [5, 5.41) is 9.90. The number of amides is 1. The van der Waals surface area contributed by atoms with Gasteiger partial charge < -0.3 is 9.80 Å². The number of piperazine rings is 1. The number of carbonyl (C=O) groups is 1. The number of nitriles is 1. The van der Waals surface area contributed by atoms with Crippen molar-refractivity contribution in [3.05, 3.63) is 28.2 Å². The van der Waals surface area contributed by atoms with Gasteiger partial charge in [0, 0.05) is 39.3 Å². The van der Waals surface area contributed by atoms with Crippen LogP contribution in [0.5, 0.6) is 0 Å². The summed E-state index contributed by atoms with van der Waals surface area (Å²) in [7, 11) is 0. The summed E-state index contributed by atoms with van der Waals surface area (Å²) in [6, 6.07) is 7.75. The second kappa shape index (κ2) is 11.1. The highest BCUT2D eigenvalue weighted by Crippen LogP contribution is 2.33. The van der Waals surface area contributed by atoms with Gasteiger partial charge in [0.1, 0.15) is 6.42 Å². The van der Waals surface area contributed by atoms with E-state index in [0.29, 0.717) is 16.0 Å². The summed E-state index contributed by atoms with van der Waals surface area (Å²) in [4.78, 5) is 18.4. The second-order valence-corrected chi connectivity index (χ2v) is 8.13. The third kappa shape index (κ3) is 5.90. The van der Waals surface area contributed by atoms with E-state index in [1.165, 1.54) is 6.42 Å². The van der Waals surface area contributed by atoms with Crippen molar-refractivity contribution in [2.75, 3.05) is 50.7 Å². The van der Waals surface area contributed by atoms with E-state index < -0.39 is 0 Å². The molecular weight excluding hydrogens is 419 g/mol. The van der Waals surface area contributed by atoms with Crippen LogP contribution < -0.4 is 4.90 Å². The van der Waals surface area contributed by atoms with Crippen LogP contribution in [0.15, 0.2) is 18.2 Å². The Morgan fingerprint density at radius 3 is 2.43 bits per heavy atom. The first-order valence-electron chi connectivity index (χ1n) is 9.64. The molecule has 0 radical (unpaired) electrons. The van der Waals surface area contributed by atoms with Gasteiger partial charge in [-0.15, -0.1) is 12.4 Å². The molecule has 0 spiro atoms. The van der Waals surface area contributed by atoms with Crippen molar-refractivity contribution in [1.82, 2.24) is 9.80 Å². The summed E-state index contributed by atoms with van der Waals surface area (Å²) in [5.41, 5.74) is 1.03. The zero-order valence-corrected chi connectivity index (χ0v) is 18.3. The molecule has 0 unspecified atom stereocenters. The highest BCUT2D eigenvalue weighted by molar-refractivity contribution is 6.43. The van der Waals surface area contributed by atoms with Crippen molar-refractivity contribution in [3.63, 3.8) is 0 Å². The Balaban J connectivity index is 0.00000280. The van der Waals surface area contributed by atoms with E-state index >= 15 is 0 Å². The largest absolute Gasteiger partial charge is 0.368 e. The summed E-state index contributed by atoms with van der Waals surface area (Å²) in [6.45, 7) is 6.68. The molecular formula is C20H27Cl3N4O. The van der Waals surface area contributed by atoms with Crippen molar-refractivity contribution < 1.29 is 4.79 Å². The molecule has 0 aliphatic carbocycles. The number of piperidine rings is 1. The quantitative estimate of drug-likeness (QED) is 0.685. The van der Waals surface area contributed by atoms with Gasteiger partial charge in [-0.1, -0.05) is 29.3 Å². The summed E-state index contributed by atoms with van der Waals surface area (Å²) < 4.78 is 0. The van der Waals surface area contributed by atoms with Gasteiger partial charge in [-0.05, 0) is 43.9 Å². The van der Waals surface area contributed by atoms with Crippen LogP contribution in [0, 0.1) is 17.2 Å². The van der Waals surface area contributed by atoms with Crippen LogP contribution in [0.25, 0.3) is 0 Å². The third-order valence-electron chi connectivity index (χ3n) is 5.70. The zero-order valence-electron chi connectivity index (χ0n) is 15.9. The van der Waals surface area contributed by atoms with Gasteiger partial charge >= 0.3 is 0 Å². The SMILES string of the molecule is Cl.N#CCC(=O)N1CCC(CCN2CCN(c3cccc(Cl)c3Cl)CC2)CC1. The standard InChI is InChI=1S/C20H26Cl2N4O.ClH/c21-17-2-1-3-18(20(17)22)25-14-12-24(13-15-25)9-5-16-6-10-26(11-7-16)19(27)4-8-23;/h1-3,16H,4-7,9-15H2;1H. The number of benzene rings is 1. The number of anilines is 1. The average molecular weight is 446 g/mol. The van der Waals surface area contributed by atoms with E-state index in [1.807, 2.05) is 29.2 Å². The van der Waals surface area contributed by atoms with Crippen LogP contribution in [0.1, 0.15) is 25.7 Å². The highest BCUT2D eigenvalue weighted by Gasteiger charge is 2.24. The fourth-order valence-electron chi connectivity index (χ4n) is 3.96. The van der Waals surface area contributed by atoms with E-state index in [0.717, 1.165) is 64.3 Å². The molecule has 1 amide bonds. The van der Waals surface area contributed by atoms with Crippen LogP contribution in [0.2, 0.25) is 10.0 Å². The smallest absolute Gasteiger partial charge is 0.236 e. The lowest BCUT2D eigenvalue weighted by Crippen LogP contribution is -2.47. The number of carbonyl (C=O) groups excluding carboxylic acids is 1. The number of nitrogens with zero attached hydrogens (tertiary/aromatic N) is 4. The van der Waals surface area contributed by atoms with Crippen LogP contribution in [-0.2, 0) is 4.79 Å². The molecule has 5 nitrogen and oxygen atoms in total. The van der Waals surface area contributed by atoms with Crippen molar-refractivity contribution in [2.24, 2.45) is 5.92 Å². The van der Waals surface area contributed by atoms with Gasteiger partial charge in [0.25, 0.3) is 0 Å². The minimum Gasteiger partial charge on any atom is -0.368 e. The molecule has 0 aromatic heterocycles. The van der Waals surface area contributed by atoms with Crippen LogP contribution in [-0.4, -0.2) is 61.5 Å². The second-order valence-electron chi connectivity index (χ2n) is 7.35. The Kier molecular flexibility index (Phi) is 9.17. The average Bonchev–Trinajstić information content (AvgIpc) is 2.69. The molecule has 8 heteroatoms. The fourth-order valence-corrected chi connectivity index (χ4v) is 4.38. The first-order chi connectivity index (χ1) is 13.1. The maximum atomic E-state index is 11.8.